The van der Waals surface area contributed by atoms with Crippen molar-refractivity contribution in [3.05, 3.63) is 22.4 Å². The molecule has 0 radical (unpaired) electrons. The summed E-state index contributed by atoms with van der Waals surface area (Å²) in [6.45, 7) is -0.000525. The second-order valence-corrected chi connectivity index (χ2v) is 3.49. The van der Waals surface area contributed by atoms with Gasteiger partial charge in [-0.05, 0) is 16.8 Å². The van der Waals surface area contributed by atoms with Crippen LogP contribution in [-0.2, 0) is 4.79 Å². The Bertz CT molecular complexity index is 385. The first kappa shape index (κ1) is 8.89. The van der Waals surface area contributed by atoms with E-state index in [4.69, 9.17) is 0 Å². The molecule has 72 valence electrons. The normalized spacial score (nSPS) is 16.7. The predicted octanol–water partition coefficient (Wildman–Crippen LogP) is 0.634. The predicted molar refractivity (Wildman–Crippen MR) is 52.2 cm³/mol. The van der Waals surface area contributed by atoms with Crippen molar-refractivity contribution >= 4 is 29.5 Å². The second-order valence-electron chi connectivity index (χ2n) is 2.71. The third kappa shape index (κ3) is 1.80. The van der Waals surface area contributed by atoms with Crippen LogP contribution in [-0.4, -0.2) is 29.7 Å². The summed E-state index contributed by atoms with van der Waals surface area (Å²) in [6.07, 6.45) is 1.55. The average molecular weight is 209 g/mol. The van der Waals surface area contributed by atoms with Crippen LogP contribution in [0, 0.1) is 0 Å². The molecule has 1 fully saturated rings. The van der Waals surface area contributed by atoms with Gasteiger partial charge in [-0.1, -0.05) is 0 Å². The number of nitrogens with one attached hydrogen (secondary N) is 1. The zero-order valence-corrected chi connectivity index (χ0v) is 7.95. The van der Waals surface area contributed by atoms with Crippen LogP contribution in [0.2, 0.25) is 0 Å². The van der Waals surface area contributed by atoms with E-state index in [2.05, 4.69) is 10.4 Å². The molecule has 1 saturated heterocycles. The van der Waals surface area contributed by atoms with E-state index in [0.717, 1.165) is 10.6 Å². The summed E-state index contributed by atoms with van der Waals surface area (Å²) >= 11 is 1.55. The Kier molecular flexibility index (Phi) is 2.28. The molecule has 5 nitrogen and oxygen atoms in total. The number of imide groups is 1. The van der Waals surface area contributed by atoms with Crippen molar-refractivity contribution in [1.82, 2.24) is 10.3 Å². The summed E-state index contributed by atoms with van der Waals surface area (Å²) in [5, 5.41) is 10.9. The molecule has 0 unspecified atom stereocenters. The van der Waals surface area contributed by atoms with E-state index in [1.807, 2.05) is 16.8 Å². The van der Waals surface area contributed by atoms with E-state index < -0.39 is 6.03 Å². The highest BCUT2D eigenvalue weighted by Gasteiger charge is 2.25. The van der Waals surface area contributed by atoms with E-state index in [0.29, 0.717) is 0 Å². The topological polar surface area (TPSA) is 61.8 Å². The molecule has 1 aromatic heterocycles. The molecule has 0 atom stereocenters. The fourth-order valence-electron chi connectivity index (χ4n) is 1.01. The first-order valence-corrected chi connectivity index (χ1v) is 4.87. The maximum Gasteiger partial charge on any atom is 0.344 e. The van der Waals surface area contributed by atoms with Crippen LogP contribution in [0.1, 0.15) is 5.56 Å². The van der Waals surface area contributed by atoms with Gasteiger partial charge in [-0.3, -0.25) is 10.1 Å². The molecular weight excluding hydrogens is 202 g/mol. The van der Waals surface area contributed by atoms with Crippen LogP contribution in [0.5, 0.6) is 0 Å². The molecule has 0 aromatic carbocycles. The Hall–Kier alpha value is -1.69. The van der Waals surface area contributed by atoms with Crippen LogP contribution in [0.15, 0.2) is 21.9 Å². The van der Waals surface area contributed by atoms with Gasteiger partial charge in [0.05, 0.1) is 6.21 Å². The second kappa shape index (κ2) is 3.59. The van der Waals surface area contributed by atoms with Gasteiger partial charge in [0.15, 0.2) is 0 Å². The maximum atomic E-state index is 11.0. The zero-order chi connectivity index (χ0) is 9.97. The van der Waals surface area contributed by atoms with Crippen molar-refractivity contribution < 1.29 is 9.59 Å². The quantitative estimate of drug-likeness (QED) is 0.573. The summed E-state index contributed by atoms with van der Waals surface area (Å²) in [5.74, 6) is -0.322. The highest BCUT2D eigenvalue weighted by atomic mass is 32.1. The smallest absolute Gasteiger partial charge is 0.275 e. The van der Waals surface area contributed by atoms with Gasteiger partial charge in [-0.15, -0.1) is 0 Å². The SMILES string of the molecule is O=C1CN(/N=C\c2ccsc2)C(=O)N1. The number of urea groups is 1. The van der Waals surface area contributed by atoms with Gasteiger partial charge in [-0.25, -0.2) is 9.80 Å². The highest BCUT2D eigenvalue weighted by molar-refractivity contribution is 7.08. The Morgan fingerprint density at radius 3 is 3.00 bits per heavy atom. The molecule has 2 rings (SSSR count). The summed E-state index contributed by atoms with van der Waals surface area (Å²) in [6, 6.07) is 1.41. The van der Waals surface area contributed by atoms with E-state index in [1.54, 1.807) is 17.6 Å². The number of nitrogens with zero attached hydrogens (tertiary/aromatic N) is 2. The lowest BCUT2D eigenvalue weighted by molar-refractivity contribution is -0.118. The molecule has 1 aliphatic rings. The van der Waals surface area contributed by atoms with E-state index in [1.165, 1.54) is 0 Å². The molecule has 6 heteroatoms. The first-order valence-electron chi connectivity index (χ1n) is 3.93. The first-order chi connectivity index (χ1) is 6.75. The number of carbonyl (C=O) groups excluding carboxylic acids is 2. The molecule has 1 aromatic rings. The molecule has 14 heavy (non-hydrogen) atoms. The Balaban J connectivity index is 2.04. The van der Waals surface area contributed by atoms with Crippen molar-refractivity contribution in [3.8, 4) is 0 Å². The minimum atomic E-state index is -0.471. The lowest BCUT2D eigenvalue weighted by atomic mass is 10.4. The monoisotopic (exact) mass is 209 g/mol. The third-order valence-corrected chi connectivity index (χ3v) is 2.36. The van der Waals surface area contributed by atoms with E-state index in [-0.39, 0.29) is 12.5 Å². The van der Waals surface area contributed by atoms with Gasteiger partial charge in [0.25, 0.3) is 0 Å². The molecule has 1 N–H and O–H groups in total. The number of amides is 3. The van der Waals surface area contributed by atoms with Gasteiger partial charge in [-0.2, -0.15) is 16.4 Å². The van der Waals surface area contributed by atoms with Crippen LogP contribution in [0.4, 0.5) is 4.79 Å². The minimum absolute atomic E-state index is 0.000525. The third-order valence-electron chi connectivity index (χ3n) is 1.66. The number of rotatable bonds is 2. The van der Waals surface area contributed by atoms with Crippen molar-refractivity contribution in [1.29, 1.82) is 0 Å². The Morgan fingerprint density at radius 1 is 1.57 bits per heavy atom. The van der Waals surface area contributed by atoms with Gasteiger partial charge >= 0.3 is 6.03 Å². The van der Waals surface area contributed by atoms with Gasteiger partial charge < -0.3 is 0 Å². The molecule has 0 saturated carbocycles. The van der Waals surface area contributed by atoms with Crippen molar-refractivity contribution in [3.63, 3.8) is 0 Å². The molecule has 0 spiro atoms. The van der Waals surface area contributed by atoms with E-state index >= 15 is 0 Å². The minimum Gasteiger partial charge on any atom is -0.275 e. The highest BCUT2D eigenvalue weighted by Crippen LogP contribution is 2.04. The molecule has 0 bridgehead atoms. The summed E-state index contributed by atoms with van der Waals surface area (Å²) in [5.41, 5.74) is 0.919. The fourth-order valence-corrected chi connectivity index (χ4v) is 1.62. The van der Waals surface area contributed by atoms with Crippen LogP contribution >= 0.6 is 11.3 Å². The number of thiophene rings is 1. The van der Waals surface area contributed by atoms with Crippen molar-refractivity contribution in [2.24, 2.45) is 5.10 Å². The lowest BCUT2D eigenvalue weighted by Gasteiger charge is -2.02. The molecule has 0 aliphatic carbocycles. The number of hydrazone groups is 1. The Morgan fingerprint density at radius 2 is 2.43 bits per heavy atom. The molecule has 3 amide bonds. The Labute approximate surface area is 84.0 Å². The van der Waals surface area contributed by atoms with Crippen LogP contribution in [0.3, 0.4) is 0 Å². The van der Waals surface area contributed by atoms with Gasteiger partial charge in [0.1, 0.15) is 6.54 Å². The summed E-state index contributed by atoms with van der Waals surface area (Å²) in [4.78, 5) is 21.8. The largest absolute Gasteiger partial charge is 0.344 e. The van der Waals surface area contributed by atoms with Crippen molar-refractivity contribution in [2.75, 3.05) is 6.54 Å². The molecule has 2 heterocycles. The van der Waals surface area contributed by atoms with Crippen LogP contribution < -0.4 is 5.32 Å². The summed E-state index contributed by atoms with van der Waals surface area (Å²) in [7, 11) is 0. The van der Waals surface area contributed by atoms with Gasteiger partial charge in [0.2, 0.25) is 5.91 Å². The molecule has 1 aliphatic heterocycles. The van der Waals surface area contributed by atoms with Crippen molar-refractivity contribution in [2.45, 2.75) is 0 Å². The average Bonchev–Trinajstić information content (AvgIpc) is 2.72. The number of carbonyl (C=O) groups is 2. The standard InChI is InChI=1S/C8H7N3O2S/c12-7-4-11(8(13)10-7)9-3-6-1-2-14-5-6/h1-3,5H,4H2,(H,10,12,13)/b9-3-. The lowest BCUT2D eigenvalue weighted by Crippen LogP contribution is -2.24. The fraction of sp³-hybridized carbons (Fsp3) is 0.125. The van der Waals surface area contributed by atoms with E-state index in [9.17, 15) is 9.59 Å². The zero-order valence-electron chi connectivity index (χ0n) is 7.14. The molecular formula is C8H7N3O2S. The number of hydrogen-bond donors (Lipinski definition) is 1. The number of hydrogen-bond acceptors (Lipinski definition) is 4. The van der Waals surface area contributed by atoms with Crippen LogP contribution in [0.25, 0.3) is 0 Å². The summed E-state index contributed by atoms with van der Waals surface area (Å²) < 4.78 is 0. The maximum absolute atomic E-state index is 11.0. The van der Waals surface area contributed by atoms with Gasteiger partial charge in [0, 0.05) is 5.56 Å².